The predicted molar refractivity (Wildman–Crippen MR) is 142 cm³/mol. The molecule has 2 saturated heterocycles. The van der Waals surface area contributed by atoms with E-state index in [1.54, 1.807) is 48.0 Å². The number of nitrogens with zero attached hydrogens (tertiary/aromatic N) is 2. The average Bonchev–Trinajstić information content (AvgIpc) is 3.58. The highest BCUT2D eigenvalue weighted by atomic mass is 19.4. The van der Waals surface area contributed by atoms with Crippen molar-refractivity contribution in [3.05, 3.63) is 87.8 Å². The minimum absolute atomic E-state index is 0.0405. The van der Waals surface area contributed by atoms with Crippen molar-refractivity contribution in [3.8, 4) is 11.5 Å². The first-order chi connectivity index (χ1) is 19.6. The van der Waals surface area contributed by atoms with E-state index in [0.717, 1.165) is 17.7 Å². The van der Waals surface area contributed by atoms with E-state index in [1.807, 2.05) is 0 Å². The molecular weight excluding hydrogens is 543 g/mol. The number of carbonyl (C=O) groups is 2. The zero-order valence-corrected chi connectivity index (χ0v) is 22.3. The van der Waals surface area contributed by atoms with Gasteiger partial charge in [-0.15, -0.1) is 13.2 Å². The third-order valence-corrected chi connectivity index (χ3v) is 7.36. The van der Waals surface area contributed by atoms with Gasteiger partial charge in [0, 0.05) is 30.8 Å². The van der Waals surface area contributed by atoms with Crippen molar-refractivity contribution < 1.29 is 37.0 Å². The van der Waals surface area contributed by atoms with Gasteiger partial charge in [0.25, 0.3) is 11.5 Å². The molecule has 2 fully saturated rings. The van der Waals surface area contributed by atoms with Gasteiger partial charge in [-0.05, 0) is 66.9 Å². The maximum absolute atomic E-state index is 13.9. The van der Waals surface area contributed by atoms with Crippen molar-refractivity contribution in [2.45, 2.75) is 37.7 Å². The van der Waals surface area contributed by atoms with Crippen molar-refractivity contribution in [3.63, 3.8) is 0 Å². The van der Waals surface area contributed by atoms with E-state index in [2.05, 4.69) is 10.1 Å². The second-order valence-corrected chi connectivity index (χ2v) is 9.93. The monoisotopic (exact) mass is 571 g/mol. The van der Waals surface area contributed by atoms with Gasteiger partial charge in [-0.3, -0.25) is 14.4 Å². The van der Waals surface area contributed by atoms with Gasteiger partial charge in [0.1, 0.15) is 23.2 Å². The molecule has 2 aromatic carbocycles. The molecule has 216 valence electrons. The van der Waals surface area contributed by atoms with Crippen LogP contribution in [0.25, 0.3) is 0 Å². The number of pyridine rings is 1. The Kier molecular flexibility index (Phi) is 7.76. The molecule has 9 nitrogen and oxygen atoms in total. The molecule has 12 heteroatoms. The van der Waals surface area contributed by atoms with Gasteiger partial charge in [0.2, 0.25) is 5.91 Å². The van der Waals surface area contributed by atoms with E-state index in [0.29, 0.717) is 30.9 Å². The highest BCUT2D eigenvalue weighted by Crippen LogP contribution is 2.34. The molecule has 0 aliphatic carbocycles. The molecule has 1 unspecified atom stereocenters. The maximum Gasteiger partial charge on any atom is 0.573 e. The first-order valence-electron chi connectivity index (χ1n) is 13.0. The number of anilines is 1. The fourth-order valence-electron chi connectivity index (χ4n) is 5.26. The summed E-state index contributed by atoms with van der Waals surface area (Å²) >= 11 is 0. The minimum Gasteiger partial charge on any atom is -0.497 e. The molecule has 3 heterocycles. The van der Waals surface area contributed by atoms with E-state index in [9.17, 15) is 27.6 Å². The Bertz CT molecular complexity index is 1480. The smallest absolute Gasteiger partial charge is 0.497 e. The van der Waals surface area contributed by atoms with Gasteiger partial charge in [-0.2, -0.15) is 0 Å². The summed E-state index contributed by atoms with van der Waals surface area (Å²) in [5.41, 5.74) is 1.29. The number of halogens is 3. The van der Waals surface area contributed by atoms with Crippen molar-refractivity contribution in [2.75, 3.05) is 31.8 Å². The number of methoxy groups -OCH3 is 1. The van der Waals surface area contributed by atoms with E-state index in [4.69, 9.17) is 9.47 Å². The van der Waals surface area contributed by atoms with Crippen LogP contribution in [0.3, 0.4) is 0 Å². The Labute approximate surface area is 233 Å². The van der Waals surface area contributed by atoms with E-state index < -0.39 is 35.9 Å². The van der Waals surface area contributed by atoms with E-state index >= 15 is 0 Å². The number of hydrogen-bond donors (Lipinski definition) is 1. The molecule has 0 saturated carbocycles. The van der Waals surface area contributed by atoms with Gasteiger partial charge in [0.05, 0.1) is 19.8 Å². The SMILES string of the molecule is COc1ccc([C@@H]2CN(c3c(C)ccn(C4CCOC4)c3=O)C(=O)[C@H]2NC(=O)c2ccc(OC(F)(F)F)cc2)cc1. The van der Waals surface area contributed by atoms with Crippen LogP contribution in [0.5, 0.6) is 11.5 Å². The zero-order valence-electron chi connectivity index (χ0n) is 22.3. The topological polar surface area (TPSA) is 99.1 Å². The van der Waals surface area contributed by atoms with Crippen LogP contribution in [-0.2, 0) is 9.53 Å². The Hall–Kier alpha value is -4.32. The standard InChI is InChI=1S/C29H28F3N3O6/c1-17-11-13-34(20-12-14-40-16-20)28(38)25(17)35-15-23(18-3-7-21(39-2)8-4-18)24(27(35)37)33-26(36)19-5-9-22(10-6-19)41-29(30,31)32/h3-11,13,20,23-24H,12,14-16H2,1-2H3,(H,33,36)/t20?,23-,24-/m0/s1. The number of ether oxygens (including phenoxy) is 3. The third kappa shape index (κ3) is 5.92. The molecule has 5 rings (SSSR count). The van der Waals surface area contributed by atoms with Crippen molar-refractivity contribution in [2.24, 2.45) is 0 Å². The first kappa shape index (κ1) is 28.2. The number of nitrogens with one attached hydrogen (secondary N) is 1. The van der Waals surface area contributed by atoms with Gasteiger partial charge < -0.3 is 29.0 Å². The quantitative estimate of drug-likeness (QED) is 0.461. The maximum atomic E-state index is 13.9. The van der Waals surface area contributed by atoms with Gasteiger partial charge in [-0.1, -0.05) is 12.1 Å². The highest BCUT2D eigenvalue weighted by Gasteiger charge is 2.44. The number of amides is 2. The van der Waals surface area contributed by atoms with Gasteiger partial charge >= 0.3 is 6.36 Å². The lowest BCUT2D eigenvalue weighted by Gasteiger charge is -2.21. The number of benzene rings is 2. The Morgan fingerprint density at radius 3 is 2.32 bits per heavy atom. The van der Waals surface area contributed by atoms with Gasteiger partial charge in [0.15, 0.2) is 0 Å². The molecule has 0 spiro atoms. The molecule has 1 aromatic heterocycles. The summed E-state index contributed by atoms with van der Waals surface area (Å²) in [6, 6.07) is 12.0. The lowest BCUT2D eigenvalue weighted by molar-refractivity contribution is -0.274. The number of hydrogen-bond acceptors (Lipinski definition) is 6. The van der Waals surface area contributed by atoms with E-state index in [1.165, 1.54) is 24.1 Å². The highest BCUT2D eigenvalue weighted by molar-refractivity contribution is 6.05. The van der Waals surface area contributed by atoms with Crippen molar-refractivity contribution in [1.82, 2.24) is 9.88 Å². The molecule has 0 radical (unpaired) electrons. The van der Waals surface area contributed by atoms with Crippen LogP contribution in [0.2, 0.25) is 0 Å². The van der Waals surface area contributed by atoms with Gasteiger partial charge in [-0.25, -0.2) is 0 Å². The number of carbonyl (C=O) groups excluding carboxylic acids is 2. The van der Waals surface area contributed by atoms with Crippen LogP contribution in [0.4, 0.5) is 18.9 Å². The summed E-state index contributed by atoms with van der Waals surface area (Å²) < 4.78 is 53.7. The van der Waals surface area contributed by atoms with Crippen LogP contribution < -0.4 is 25.2 Å². The minimum atomic E-state index is -4.87. The summed E-state index contributed by atoms with van der Waals surface area (Å²) in [4.78, 5) is 42.1. The molecule has 2 aliphatic rings. The lowest BCUT2D eigenvalue weighted by Crippen LogP contribution is -2.44. The zero-order chi connectivity index (χ0) is 29.3. The number of aromatic nitrogens is 1. The summed E-state index contributed by atoms with van der Waals surface area (Å²) in [6.45, 7) is 2.81. The summed E-state index contributed by atoms with van der Waals surface area (Å²) in [7, 11) is 1.53. The van der Waals surface area contributed by atoms with Crippen LogP contribution >= 0.6 is 0 Å². The second kappa shape index (κ2) is 11.3. The fourth-order valence-corrected chi connectivity index (χ4v) is 5.26. The number of alkyl halides is 3. The molecule has 2 aliphatic heterocycles. The van der Waals surface area contributed by atoms with Crippen LogP contribution in [-0.4, -0.2) is 55.7 Å². The van der Waals surface area contributed by atoms with Crippen molar-refractivity contribution in [1.29, 1.82) is 0 Å². The van der Waals surface area contributed by atoms with Crippen molar-refractivity contribution >= 4 is 17.5 Å². The normalized spacial score (nSPS) is 20.8. The van der Waals surface area contributed by atoms with Crippen LogP contribution in [0.1, 0.15) is 39.9 Å². The molecular formula is C29H28F3N3O6. The summed E-state index contributed by atoms with van der Waals surface area (Å²) in [5.74, 6) is -1.54. The van der Waals surface area contributed by atoms with Crippen LogP contribution in [0, 0.1) is 6.92 Å². The number of rotatable bonds is 7. The Balaban J connectivity index is 1.47. The lowest BCUT2D eigenvalue weighted by atomic mass is 9.93. The summed E-state index contributed by atoms with van der Waals surface area (Å²) in [5, 5.41) is 2.74. The second-order valence-electron chi connectivity index (χ2n) is 9.93. The first-order valence-corrected chi connectivity index (χ1v) is 13.0. The number of aryl methyl sites for hydroxylation is 1. The largest absolute Gasteiger partial charge is 0.573 e. The predicted octanol–water partition coefficient (Wildman–Crippen LogP) is 3.95. The molecule has 3 aromatic rings. The molecule has 3 atom stereocenters. The average molecular weight is 572 g/mol. The fraction of sp³-hybridized carbons (Fsp3) is 0.345. The Morgan fingerprint density at radius 2 is 1.71 bits per heavy atom. The molecule has 1 N–H and O–H groups in total. The third-order valence-electron chi connectivity index (χ3n) is 7.36. The molecule has 41 heavy (non-hydrogen) atoms. The van der Waals surface area contributed by atoms with Crippen LogP contribution in [0.15, 0.2) is 65.6 Å². The Morgan fingerprint density at radius 1 is 1.02 bits per heavy atom. The van der Waals surface area contributed by atoms with E-state index in [-0.39, 0.29) is 29.4 Å². The molecule has 2 amide bonds. The summed E-state index contributed by atoms with van der Waals surface area (Å²) in [6.07, 6.45) is -2.49. The molecule has 0 bridgehead atoms.